The van der Waals surface area contributed by atoms with Gasteiger partial charge in [-0.1, -0.05) is 37.3 Å². The molecule has 0 saturated carbocycles. The number of benzene rings is 1. The van der Waals surface area contributed by atoms with E-state index in [1.165, 1.54) is 16.8 Å². The van der Waals surface area contributed by atoms with Crippen molar-refractivity contribution in [3.8, 4) is 0 Å². The van der Waals surface area contributed by atoms with Gasteiger partial charge in [0.05, 0.1) is 17.8 Å². The maximum Gasteiger partial charge on any atom is 0.0688 e. The first-order valence-electron chi connectivity index (χ1n) is 7.36. The van der Waals surface area contributed by atoms with Gasteiger partial charge in [-0.25, -0.2) is 0 Å². The van der Waals surface area contributed by atoms with Crippen LogP contribution in [-0.2, 0) is 6.42 Å². The van der Waals surface area contributed by atoms with E-state index in [1.807, 2.05) is 7.05 Å². The van der Waals surface area contributed by atoms with Gasteiger partial charge in [0.2, 0.25) is 0 Å². The molecule has 1 aromatic heterocycles. The Morgan fingerprint density at radius 3 is 2.35 bits per heavy atom. The van der Waals surface area contributed by atoms with Crippen LogP contribution in [0.3, 0.4) is 0 Å². The van der Waals surface area contributed by atoms with E-state index in [-0.39, 0.29) is 12.1 Å². The predicted octanol–water partition coefficient (Wildman–Crippen LogP) is 3.58. The lowest BCUT2D eigenvalue weighted by atomic mass is 10.0. The van der Waals surface area contributed by atoms with Crippen LogP contribution in [0.15, 0.2) is 30.3 Å². The molecule has 0 radical (unpaired) electrons. The van der Waals surface area contributed by atoms with Crippen LogP contribution in [0.25, 0.3) is 0 Å². The lowest BCUT2D eigenvalue weighted by Crippen LogP contribution is -2.27. The highest BCUT2D eigenvalue weighted by molar-refractivity contribution is 5.26. The third kappa shape index (κ3) is 2.63. The van der Waals surface area contributed by atoms with Crippen molar-refractivity contribution in [2.75, 3.05) is 7.05 Å². The van der Waals surface area contributed by atoms with Crippen LogP contribution in [-0.4, -0.2) is 16.8 Å². The summed E-state index contributed by atoms with van der Waals surface area (Å²) in [6, 6.07) is 11.1. The number of likely N-dealkylation sites (N-methyl/N-ethyl adjacent to an activating group) is 1. The number of rotatable bonds is 5. The minimum absolute atomic E-state index is 0.263. The fourth-order valence-electron chi connectivity index (χ4n) is 3.09. The normalized spacial score (nSPS) is 14.2. The van der Waals surface area contributed by atoms with Gasteiger partial charge in [0.1, 0.15) is 0 Å². The zero-order valence-electron chi connectivity index (χ0n) is 13.1. The van der Waals surface area contributed by atoms with E-state index in [0.717, 1.165) is 12.1 Å². The zero-order chi connectivity index (χ0) is 14.7. The van der Waals surface area contributed by atoms with Gasteiger partial charge in [0, 0.05) is 5.69 Å². The zero-order valence-corrected chi connectivity index (χ0v) is 13.1. The van der Waals surface area contributed by atoms with Crippen molar-refractivity contribution in [2.45, 2.75) is 46.2 Å². The lowest BCUT2D eigenvalue weighted by Gasteiger charge is -2.25. The van der Waals surface area contributed by atoms with Gasteiger partial charge in [0.15, 0.2) is 0 Å². The third-order valence-electron chi connectivity index (χ3n) is 4.17. The van der Waals surface area contributed by atoms with Crippen molar-refractivity contribution in [1.82, 2.24) is 15.1 Å². The molecular weight excluding hydrogens is 246 g/mol. The van der Waals surface area contributed by atoms with Crippen molar-refractivity contribution in [3.63, 3.8) is 0 Å². The fraction of sp³-hybridized carbons (Fsp3) is 0.471. The summed E-state index contributed by atoms with van der Waals surface area (Å²) in [7, 11) is 2.01. The van der Waals surface area contributed by atoms with Crippen LogP contribution in [0.4, 0.5) is 0 Å². The summed E-state index contributed by atoms with van der Waals surface area (Å²) in [5, 5.41) is 8.18. The first kappa shape index (κ1) is 14.8. The Labute approximate surface area is 122 Å². The molecule has 0 aliphatic carbocycles. The summed E-state index contributed by atoms with van der Waals surface area (Å²) in [4.78, 5) is 0. The number of aromatic nitrogens is 2. The molecule has 3 nitrogen and oxygen atoms in total. The molecule has 0 amide bonds. The Hall–Kier alpha value is -1.61. The fourth-order valence-corrected chi connectivity index (χ4v) is 3.09. The summed E-state index contributed by atoms with van der Waals surface area (Å²) in [5.41, 5.74) is 5.11. The van der Waals surface area contributed by atoms with Crippen molar-refractivity contribution < 1.29 is 0 Å². The van der Waals surface area contributed by atoms with Crippen molar-refractivity contribution in [3.05, 3.63) is 52.8 Å². The van der Waals surface area contributed by atoms with Gasteiger partial charge >= 0.3 is 0 Å². The van der Waals surface area contributed by atoms with Crippen LogP contribution >= 0.6 is 0 Å². The van der Waals surface area contributed by atoms with E-state index in [2.05, 4.69) is 68.0 Å². The standard InChI is InChI=1S/C17H25N3/c1-6-16-12(2)19-20(13(16)3)14(4)17(18-5)15-10-8-7-9-11-15/h7-11,14,17-18H,6H2,1-5H3. The quantitative estimate of drug-likeness (QED) is 0.900. The van der Waals surface area contributed by atoms with Crippen LogP contribution in [0.5, 0.6) is 0 Å². The van der Waals surface area contributed by atoms with E-state index in [9.17, 15) is 0 Å². The Morgan fingerprint density at radius 1 is 1.20 bits per heavy atom. The molecule has 3 heteroatoms. The second kappa shape index (κ2) is 6.23. The van der Waals surface area contributed by atoms with E-state index in [0.29, 0.717) is 0 Å². The summed E-state index contributed by atoms with van der Waals surface area (Å²) in [6.07, 6.45) is 1.04. The topological polar surface area (TPSA) is 29.9 Å². The molecule has 0 spiro atoms. The largest absolute Gasteiger partial charge is 0.311 e. The highest BCUT2D eigenvalue weighted by Gasteiger charge is 2.22. The molecule has 0 aliphatic rings. The van der Waals surface area contributed by atoms with Crippen molar-refractivity contribution in [1.29, 1.82) is 0 Å². The third-order valence-corrected chi connectivity index (χ3v) is 4.17. The van der Waals surface area contributed by atoms with Gasteiger partial charge < -0.3 is 5.32 Å². The Balaban J connectivity index is 2.37. The minimum Gasteiger partial charge on any atom is -0.311 e. The Kier molecular flexibility index (Phi) is 4.61. The minimum atomic E-state index is 0.263. The molecule has 2 unspecified atom stereocenters. The average molecular weight is 271 g/mol. The SMILES string of the molecule is CCc1c(C)nn(C(C)C(NC)c2ccccc2)c1C. The highest BCUT2D eigenvalue weighted by Crippen LogP contribution is 2.28. The molecule has 0 aliphatic heterocycles. The average Bonchev–Trinajstić information content (AvgIpc) is 2.75. The van der Waals surface area contributed by atoms with Crippen molar-refractivity contribution in [2.24, 2.45) is 0 Å². The molecule has 2 atom stereocenters. The lowest BCUT2D eigenvalue weighted by molar-refractivity contribution is 0.365. The van der Waals surface area contributed by atoms with Crippen LogP contribution in [0, 0.1) is 13.8 Å². The van der Waals surface area contributed by atoms with Crippen LogP contribution in [0.2, 0.25) is 0 Å². The molecule has 108 valence electrons. The molecule has 2 rings (SSSR count). The molecule has 1 aromatic carbocycles. The first-order valence-corrected chi connectivity index (χ1v) is 7.36. The molecule has 0 fully saturated rings. The summed E-state index contributed by atoms with van der Waals surface area (Å²) >= 11 is 0. The van der Waals surface area contributed by atoms with E-state index in [1.54, 1.807) is 0 Å². The Morgan fingerprint density at radius 2 is 1.85 bits per heavy atom. The van der Waals surface area contributed by atoms with E-state index >= 15 is 0 Å². The van der Waals surface area contributed by atoms with E-state index < -0.39 is 0 Å². The van der Waals surface area contributed by atoms with Crippen LogP contribution < -0.4 is 5.32 Å². The molecule has 1 heterocycles. The van der Waals surface area contributed by atoms with Gasteiger partial charge in [0.25, 0.3) is 0 Å². The number of hydrogen-bond donors (Lipinski definition) is 1. The smallest absolute Gasteiger partial charge is 0.0688 e. The second-order valence-corrected chi connectivity index (χ2v) is 5.37. The molecule has 0 saturated heterocycles. The second-order valence-electron chi connectivity index (χ2n) is 5.37. The molecule has 1 N–H and O–H groups in total. The van der Waals surface area contributed by atoms with Gasteiger partial charge in [-0.15, -0.1) is 0 Å². The molecule has 20 heavy (non-hydrogen) atoms. The van der Waals surface area contributed by atoms with Gasteiger partial charge in [-0.3, -0.25) is 4.68 Å². The maximum absolute atomic E-state index is 4.75. The predicted molar refractivity (Wildman–Crippen MR) is 84.0 cm³/mol. The monoisotopic (exact) mass is 271 g/mol. The summed E-state index contributed by atoms with van der Waals surface area (Å²) in [5.74, 6) is 0. The molecule has 2 aromatic rings. The molecule has 0 bridgehead atoms. The number of nitrogens with zero attached hydrogens (tertiary/aromatic N) is 2. The number of nitrogens with one attached hydrogen (secondary N) is 1. The van der Waals surface area contributed by atoms with Crippen molar-refractivity contribution >= 4 is 0 Å². The molecular formula is C17H25N3. The highest BCUT2D eigenvalue weighted by atomic mass is 15.3. The van der Waals surface area contributed by atoms with Crippen LogP contribution in [0.1, 0.15) is 48.4 Å². The summed E-state index contributed by atoms with van der Waals surface area (Å²) < 4.78 is 2.17. The number of aryl methyl sites for hydroxylation is 1. The summed E-state index contributed by atoms with van der Waals surface area (Å²) in [6.45, 7) is 8.70. The number of hydrogen-bond acceptors (Lipinski definition) is 2. The van der Waals surface area contributed by atoms with Gasteiger partial charge in [-0.05, 0) is 45.4 Å². The van der Waals surface area contributed by atoms with Gasteiger partial charge in [-0.2, -0.15) is 5.10 Å². The first-order chi connectivity index (χ1) is 9.60. The van der Waals surface area contributed by atoms with E-state index in [4.69, 9.17) is 5.10 Å². The Bertz CT molecular complexity index is 557. The maximum atomic E-state index is 4.75.